The van der Waals surface area contributed by atoms with Crippen LogP contribution in [-0.2, 0) is 0 Å². The van der Waals surface area contributed by atoms with E-state index in [0.717, 1.165) is 29.9 Å². The maximum absolute atomic E-state index is 14.2. The number of anilines is 2. The van der Waals surface area contributed by atoms with Crippen molar-refractivity contribution in [2.24, 2.45) is 5.92 Å². The van der Waals surface area contributed by atoms with Crippen molar-refractivity contribution in [2.75, 3.05) is 18.4 Å². The first-order valence-electron chi connectivity index (χ1n) is 9.83. The van der Waals surface area contributed by atoms with Crippen LogP contribution >= 0.6 is 0 Å². The van der Waals surface area contributed by atoms with Gasteiger partial charge in [-0.1, -0.05) is 18.6 Å². The van der Waals surface area contributed by atoms with Gasteiger partial charge in [0.2, 0.25) is 0 Å². The lowest BCUT2D eigenvalue weighted by atomic mass is 10.00. The molecule has 1 aromatic heterocycles. The Bertz CT molecular complexity index is 1080. The van der Waals surface area contributed by atoms with E-state index in [1.54, 1.807) is 6.07 Å². The van der Waals surface area contributed by atoms with E-state index in [4.69, 9.17) is 0 Å². The van der Waals surface area contributed by atoms with E-state index in [1.165, 1.54) is 12.1 Å². The number of amides is 1. The zero-order valence-corrected chi connectivity index (χ0v) is 16.5. The first-order valence-corrected chi connectivity index (χ1v) is 9.83. The maximum atomic E-state index is 14.2. The minimum Gasteiger partial charge on any atom is -0.353 e. The Kier molecular flexibility index (Phi) is 5.18. The average molecular weight is 395 g/mol. The highest BCUT2D eigenvalue weighted by Gasteiger charge is 2.24. The first-order chi connectivity index (χ1) is 13.9. The van der Waals surface area contributed by atoms with Gasteiger partial charge in [-0.3, -0.25) is 4.79 Å². The summed E-state index contributed by atoms with van der Waals surface area (Å²) in [7, 11) is 0. The van der Waals surface area contributed by atoms with Crippen molar-refractivity contribution < 1.29 is 13.6 Å². The van der Waals surface area contributed by atoms with Crippen molar-refractivity contribution in [2.45, 2.75) is 26.7 Å². The van der Waals surface area contributed by atoms with Gasteiger partial charge in [-0.05, 0) is 56.0 Å². The van der Waals surface area contributed by atoms with Gasteiger partial charge in [0.05, 0.1) is 16.9 Å². The number of pyridine rings is 1. The normalized spacial score (nSPS) is 16.8. The fourth-order valence-corrected chi connectivity index (χ4v) is 3.82. The van der Waals surface area contributed by atoms with E-state index in [9.17, 15) is 13.6 Å². The molecule has 2 aromatic carbocycles. The Labute approximate surface area is 168 Å². The lowest BCUT2D eigenvalue weighted by molar-refractivity contribution is 0.0677. The van der Waals surface area contributed by atoms with Crippen LogP contribution in [0.1, 0.15) is 35.8 Å². The summed E-state index contributed by atoms with van der Waals surface area (Å²) in [6.45, 7) is 5.52. The molecule has 1 N–H and O–H groups in total. The van der Waals surface area contributed by atoms with Crippen molar-refractivity contribution >= 4 is 28.2 Å². The summed E-state index contributed by atoms with van der Waals surface area (Å²) in [6, 6.07) is 10.7. The minimum atomic E-state index is -0.694. The number of benzene rings is 2. The van der Waals surface area contributed by atoms with Crippen LogP contribution in [0.2, 0.25) is 0 Å². The Morgan fingerprint density at radius 2 is 1.97 bits per heavy atom. The van der Waals surface area contributed by atoms with Crippen LogP contribution in [0.25, 0.3) is 10.9 Å². The zero-order valence-electron chi connectivity index (χ0n) is 16.5. The van der Waals surface area contributed by atoms with Crippen LogP contribution in [0.3, 0.4) is 0 Å². The molecule has 0 saturated carbocycles. The van der Waals surface area contributed by atoms with E-state index >= 15 is 0 Å². The monoisotopic (exact) mass is 395 g/mol. The third-order valence-corrected chi connectivity index (χ3v) is 5.33. The summed E-state index contributed by atoms with van der Waals surface area (Å²) in [5.41, 5.74) is 2.70. The molecule has 4 nitrogen and oxygen atoms in total. The molecular formula is C23H23F2N3O. The van der Waals surface area contributed by atoms with Crippen LogP contribution in [0.15, 0.2) is 42.5 Å². The number of hydrogen-bond donors (Lipinski definition) is 1. The average Bonchev–Trinajstić information content (AvgIpc) is 2.69. The standard InChI is InChI=1S/C23H23F2N3O/c1-14-5-7-19-17(10-14)21(27-20-8-6-16(24)11-18(20)25)12-22(26-19)23(29)28-9-3-4-15(2)13-28/h5-8,10-12,15H,3-4,9,13H2,1-2H3,(H,26,27)/t15-/m1/s1. The smallest absolute Gasteiger partial charge is 0.272 e. The second-order valence-corrected chi connectivity index (χ2v) is 7.82. The van der Waals surface area contributed by atoms with E-state index in [0.29, 0.717) is 35.9 Å². The molecule has 6 heteroatoms. The molecule has 0 unspecified atom stereocenters. The topological polar surface area (TPSA) is 45.2 Å². The molecule has 1 saturated heterocycles. The second-order valence-electron chi connectivity index (χ2n) is 7.82. The number of aryl methyl sites for hydroxylation is 1. The molecule has 0 spiro atoms. The summed E-state index contributed by atoms with van der Waals surface area (Å²) in [4.78, 5) is 19.5. The van der Waals surface area contributed by atoms with Gasteiger partial charge in [0, 0.05) is 24.5 Å². The molecule has 3 aromatic rings. The number of fused-ring (bicyclic) bond motifs is 1. The first kappa shape index (κ1) is 19.3. The Morgan fingerprint density at radius 1 is 1.14 bits per heavy atom. The van der Waals surface area contributed by atoms with E-state index in [1.807, 2.05) is 30.0 Å². The molecule has 29 heavy (non-hydrogen) atoms. The second kappa shape index (κ2) is 7.78. The Hall–Kier alpha value is -3.02. The zero-order chi connectivity index (χ0) is 20.5. The Morgan fingerprint density at radius 3 is 2.72 bits per heavy atom. The predicted molar refractivity (Wildman–Crippen MR) is 110 cm³/mol. The van der Waals surface area contributed by atoms with Gasteiger partial charge >= 0.3 is 0 Å². The maximum Gasteiger partial charge on any atom is 0.272 e. The van der Waals surface area contributed by atoms with Gasteiger partial charge in [-0.2, -0.15) is 0 Å². The molecule has 4 rings (SSSR count). The quantitative estimate of drug-likeness (QED) is 0.643. The molecule has 1 aliphatic heterocycles. The molecule has 0 radical (unpaired) electrons. The molecule has 150 valence electrons. The predicted octanol–water partition coefficient (Wildman–Crippen LogP) is 5.44. The van der Waals surface area contributed by atoms with Crippen LogP contribution in [0, 0.1) is 24.5 Å². The van der Waals surface area contributed by atoms with Crippen LogP contribution in [0.4, 0.5) is 20.2 Å². The lowest BCUT2D eigenvalue weighted by Crippen LogP contribution is -2.39. The largest absolute Gasteiger partial charge is 0.353 e. The van der Waals surface area contributed by atoms with Crippen LogP contribution in [0.5, 0.6) is 0 Å². The number of carbonyl (C=O) groups excluding carboxylic acids is 1. The fourth-order valence-electron chi connectivity index (χ4n) is 3.82. The summed E-state index contributed by atoms with van der Waals surface area (Å²) in [5.74, 6) is -0.998. The highest BCUT2D eigenvalue weighted by molar-refractivity contribution is 6.00. The van der Waals surface area contributed by atoms with E-state index in [-0.39, 0.29) is 11.6 Å². The van der Waals surface area contributed by atoms with Gasteiger partial charge in [0.1, 0.15) is 17.3 Å². The highest BCUT2D eigenvalue weighted by Crippen LogP contribution is 2.30. The molecule has 2 heterocycles. The van der Waals surface area contributed by atoms with Gasteiger partial charge in [-0.15, -0.1) is 0 Å². The van der Waals surface area contributed by atoms with Gasteiger partial charge < -0.3 is 10.2 Å². The van der Waals surface area contributed by atoms with Crippen molar-refractivity contribution in [3.05, 3.63) is 65.4 Å². The fraction of sp³-hybridized carbons (Fsp3) is 0.304. The number of carbonyl (C=O) groups is 1. The van der Waals surface area contributed by atoms with Crippen molar-refractivity contribution in [1.29, 1.82) is 0 Å². The molecule has 0 aliphatic carbocycles. The van der Waals surface area contributed by atoms with Gasteiger partial charge in [0.25, 0.3) is 5.91 Å². The van der Waals surface area contributed by atoms with Crippen LogP contribution in [-0.4, -0.2) is 28.9 Å². The summed E-state index contributed by atoms with van der Waals surface area (Å²) >= 11 is 0. The Balaban J connectivity index is 1.77. The molecule has 1 atom stereocenters. The van der Waals surface area contributed by atoms with Crippen molar-refractivity contribution in [3.63, 3.8) is 0 Å². The minimum absolute atomic E-state index is 0.123. The number of hydrogen-bond acceptors (Lipinski definition) is 3. The SMILES string of the molecule is Cc1ccc2nc(C(=O)N3CCC[C@@H](C)C3)cc(Nc3ccc(F)cc3F)c2c1. The number of nitrogens with zero attached hydrogens (tertiary/aromatic N) is 2. The molecule has 1 aliphatic rings. The summed E-state index contributed by atoms with van der Waals surface area (Å²) < 4.78 is 27.5. The lowest BCUT2D eigenvalue weighted by Gasteiger charge is -2.30. The van der Waals surface area contributed by atoms with E-state index in [2.05, 4.69) is 17.2 Å². The van der Waals surface area contributed by atoms with Gasteiger partial charge in [0.15, 0.2) is 0 Å². The third kappa shape index (κ3) is 4.06. The number of aromatic nitrogens is 1. The third-order valence-electron chi connectivity index (χ3n) is 5.33. The molecule has 1 fully saturated rings. The van der Waals surface area contributed by atoms with Gasteiger partial charge in [-0.25, -0.2) is 13.8 Å². The van der Waals surface area contributed by atoms with Crippen molar-refractivity contribution in [3.8, 4) is 0 Å². The number of piperidine rings is 1. The van der Waals surface area contributed by atoms with Crippen molar-refractivity contribution in [1.82, 2.24) is 9.88 Å². The number of halogens is 2. The summed E-state index contributed by atoms with van der Waals surface area (Å²) in [6.07, 6.45) is 2.09. The molecule has 1 amide bonds. The number of rotatable bonds is 3. The highest BCUT2D eigenvalue weighted by atomic mass is 19.1. The molecular weight excluding hydrogens is 372 g/mol. The summed E-state index contributed by atoms with van der Waals surface area (Å²) in [5, 5.41) is 3.80. The van der Waals surface area contributed by atoms with E-state index < -0.39 is 11.6 Å². The number of likely N-dealkylation sites (tertiary alicyclic amines) is 1. The van der Waals surface area contributed by atoms with Crippen LogP contribution < -0.4 is 5.32 Å². The molecule has 0 bridgehead atoms. The number of nitrogens with one attached hydrogen (secondary N) is 1.